The molecule has 1 aromatic heterocycles. The van der Waals surface area contributed by atoms with Crippen LogP contribution in [0, 0.1) is 21.4 Å². The maximum atomic E-state index is 11.0. The van der Waals surface area contributed by atoms with Crippen LogP contribution < -0.4 is 10.1 Å². The number of hydrogen-bond donors (Lipinski definition) is 1. The van der Waals surface area contributed by atoms with Crippen molar-refractivity contribution in [3.63, 3.8) is 0 Å². The molecule has 0 fully saturated rings. The van der Waals surface area contributed by atoms with E-state index in [1.807, 2.05) is 6.07 Å². The molecule has 0 aliphatic carbocycles. The predicted octanol–water partition coefficient (Wildman–Crippen LogP) is 1.94. The number of nitro groups is 1. The van der Waals surface area contributed by atoms with Crippen LogP contribution in [0.2, 0.25) is 0 Å². The highest BCUT2D eigenvalue weighted by atomic mass is 32.1. The zero-order valence-electron chi connectivity index (χ0n) is 10.4. The standard InChI is InChI=1S/C11H9N5O3S/c1-13-11-8(14-15-20-11)6-19-10-3-2-7(5-12)4-9(10)16(17)18/h2-4,13H,6H2,1H3. The summed E-state index contributed by atoms with van der Waals surface area (Å²) in [7, 11) is 1.73. The summed E-state index contributed by atoms with van der Waals surface area (Å²) in [5.74, 6) is 0.0871. The molecule has 0 aliphatic rings. The van der Waals surface area contributed by atoms with Crippen LogP contribution in [0.15, 0.2) is 18.2 Å². The molecule has 2 rings (SSSR count). The number of nitriles is 1. The number of rotatable bonds is 5. The molecule has 0 unspecified atom stereocenters. The van der Waals surface area contributed by atoms with Crippen molar-refractivity contribution in [1.29, 1.82) is 5.26 Å². The molecular formula is C11H9N5O3S. The number of nitrogens with one attached hydrogen (secondary N) is 1. The lowest BCUT2D eigenvalue weighted by Crippen LogP contribution is -2.02. The fourth-order valence-corrected chi connectivity index (χ4v) is 2.01. The third kappa shape index (κ3) is 2.81. The highest BCUT2D eigenvalue weighted by molar-refractivity contribution is 7.10. The highest BCUT2D eigenvalue weighted by Gasteiger charge is 2.17. The van der Waals surface area contributed by atoms with Gasteiger partial charge in [-0.2, -0.15) is 5.26 Å². The van der Waals surface area contributed by atoms with Gasteiger partial charge in [0, 0.05) is 24.6 Å². The Bertz CT molecular complexity index is 679. The quantitative estimate of drug-likeness (QED) is 0.661. The molecule has 1 N–H and O–H groups in total. The second kappa shape index (κ2) is 5.94. The molecule has 0 bridgehead atoms. The summed E-state index contributed by atoms with van der Waals surface area (Å²) in [6, 6.07) is 5.88. The van der Waals surface area contributed by atoms with Crippen LogP contribution in [-0.2, 0) is 6.61 Å². The lowest BCUT2D eigenvalue weighted by atomic mass is 10.2. The first-order valence-corrected chi connectivity index (χ1v) is 6.23. The monoisotopic (exact) mass is 291 g/mol. The maximum Gasteiger partial charge on any atom is 0.312 e. The minimum Gasteiger partial charge on any atom is -0.480 e. The van der Waals surface area contributed by atoms with Crippen molar-refractivity contribution in [3.8, 4) is 11.8 Å². The Morgan fingerprint density at radius 1 is 1.60 bits per heavy atom. The fraction of sp³-hybridized carbons (Fsp3) is 0.182. The first-order valence-electron chi connectivity index (χ1n) is 5.46. The van der Waals surface area contributed by atoms with Crippen molar-refractivity contribution in [2.45, 2.75) is 6.61 Å². The van der Waals surface area contributed by atoms with Crippen molar-refractivity contribution in [1.82, 2.24) is 9.59 Å². The number of hydrogen-bond acceptors (Lipinski definition) is 8. The van der Waals surface area contributed by atoms with Gasteiger partial charge in [0.15, 0.2) is 5.75 Å². The second-order valence-electron chi connectivity index (χ2n) is 3.64. The van der Waals surface area contributed by atoms with E-state index in [1.54, 1.807) is 7.05 Å². The second-order valence-corrected chi connectivity index (χ2v) is 4.39. The molecule has 9 heteroatoms. The van der Waals surface area contributed by atoms with E-state index in [-0.39, 0.29) is 23.6 Å². The molecule has 1 heterocycles. The first kappa shape index (κ1) is 13.7. The van der Waals surface area contributed by atoms with Gasteiger partial charge >= 0.3 is 5.69 Å². The van der Waals surface area contributed by atoms with Crippen LogP contribution in [0.1, 0.15) is 11.3 Å². The van der Waals surface area contributed by atoms with E-state index in [0.717, 1.165) is 5.00 Å². The van der Waals surface area contributed by atoms with Crippen molar-refractivity contribution in [2.24, 2.45) is 0 Å². The number of ether oxygens (including phenoxy) is 1. The molecule has 0 radical (unpaired) electrons. The molecule has 20 heavy (non-hydrogen) atoms. The summed E-state index contributed by atoms with van der Waals surface area (Å²) in [6.07, 6.45) is 0. The topological polar surface area (TPSA) is 114 Å². The number of aromatic nitrogens is 2. The van der Waals surface area contributed by atoms with Crippen molar-refractivity contribution >= 4 is 22.2 Å². The van der Waals surface area contributed by atoms with Crippen LogP contribution in [0.4, 0.5) is 10.7 Å². The summed E-state index contributed by atoms with van der Waals surface area (Å²) in [4.78, 5) is 10.4. The summed E-state index contributed by atoms with van der Waals surface area (Å²) in [5.41, 5.74) is 0.518. The van der Waals surface area contributed by atoms with E-state index in [4.69, 9.17) is 10.00 Å². The van der Waals surface area contributed by atoms with Gasteiger partial charge < -0.3 is 10.1 Å². The molecule has 0 aliphatic heterocycles. The molecule has 8 nitrogen and oxygen atoms in total. The molecular weight excluding hydrogens is 282 g/mol. The smallest absolute Gasteiger partial charge is 0.312 e. The SMILES string of the molecule is CNc1snnc1COc1ccc(C#N)cc1[N+](=O)[O-]. The van der Waals surface area contributed by atoms with Crippen LogP contribution in [0.3, 0.4) is 0 Å². The molecule has 0 saturated carbocycles. The van der Waals surface area contributed by atoms with Gasteiger partial charge in [0.05, 0.1) is 16.6 Å². The van der Waals surface area contributed by atoms with E-state index in [2.05, 4.69) is 14.9 Å². The molecule has 1 aromatic carbocycles. The molecule has 0 amide bonds. The largest absolute Gasteiger partial charge is 0.480 e. The van der Waals surface area contributed by atoms with Crippen molar-refractivity contribution in [2.75, 3.05) is 12.4 Å². The number of nitro benzene ring substituents is 1. The van der Waals surface area contributed by atoms with Gasteiger partial charge in [0.2, 0.25) is 0 Å². The van der Waals surface area contributed by atoms with Gasteiger partial charge in [-0.3, -0.25) is 10.1 Å². The Hall–Kier alpha value is -2.73. The zero-order valence-corrected chi connectivity index (χ0v) is 11.2. The number of nitrogens with zero attached hydrogens (tertiary/aromatic N) is 4. The Labute approximate surface area is 117 Å². The molecule has 0 atom stereocenters. The first-order chi connectivity index (χ1) is 9.65. The van der Waals surface area contributed by atoms with Crippen LogP contribution in [0.5, 0.6) is 5.75 Å². The van der Waals surface area contributed by atoms with E-state index < -0.39 is 4.92 Å². The lowest BCUT2D eigenvalue weighted by Gasteiger charge is -2.06. The Morgan fingerprint density at radius 3 is 3.05 bits per heavy atom. The Morgan fingerprint density at radius 2 is 2.40 bits per heavy atom. The summed E-state index contributed by atoms with van der Waals surface area (Å²) in [6.45, 7) is 0.0550. The van der Waals surface area contributed by atoms with Crippen molar-refractivity contribution < 1.29 is 9.66 Å². The summed E-state index contributed by atoms with van der Waals surface area (Å²) >= 11 is 1.17. The molecule has 102 valence electrons. The minimum absolute atomic E-state index is 0.0550. The Balaban J connectivity index is 2.21. The lowest BCUT2D eigenvalue weighted by molar-refractivity contribution is -0.386. The molecule has 0 saturated heterocycles. The predicted molar refractivity (Wildman–Crippen MR) is 71.6 cm³/mol. The summed E-state index contributed by atoms with van der Waals surface area (Å²) < 4.78 is 9.16. The third-order valence-corrected chi connectivity index (χ3v) is 3.22. The average Bonchev–Trinajstić information content (AvgIpc) is 2.92. The van der Waals surface area contributed by atoms with Crippen LogP contribution in [0.25, 0.3) is 0 Å². The van der Waals surface area contributed by atoms with Crippen LogP contribution >= 0.6 is 11.5 Å². The van der Waals surface area contributed by atoms with Gasteiger partial charge in [-0.15, -0.1) is 5.10 Å². The number of anilines is 1. The van der Waals surface area contributed by atoms with Crippen LogP contribution in [-0.4, -0.2) is 21.6 Å². The van der Waals surface area contributed by atoms with Crippen molar-refractivity contribution in [3.05, 3.63) is 39.6 Å². The summed E-state index contributed by atoms with van der Waals surface area (Å²) in [5, 5.41) is 27.2. The average molecular weight is 291 g/mol. The van der Waals surface area contributed by atoms with Gasteiger partial charge in [-0.1, -0.05) is 4.49 Å². The Kier molecular flexibility index (Phi) is 4.07. The maximum absolute atomic E-state index is 11.0. The highest BCUT2D eigenvalue weighted by Crippen LogP contribution is 2.29. The van der Waals surface area contributed by atoms with Gasteiger partial charge in [-0.25, -0.2) is 0 Å². The zero-order chi connectivity index (χ0) is 14.5. The fourth-order valence-electron chi connectivity index (χ4n) is 1.49. The van der Waals surface area contributed by atoms with Gasteiger partial charge in [0.1, 0.15) is 17.3 Å². The van der Waals surface area contributed by atoms with E-state index in [9.17, 15) is 10.1 Å². The minimum atomic E-state index is -0.589. The van der Waals surface area contributed by atoms with E-state index >= 15 is 0 Å². The van der Waals surface area contributed by atoms with Gasteiger partial charge in [-0.05, 0) is 12.1 Å². The normalized spacial score (nSPS) is 9.80. The van der Waals surface area contributed by atoms with E-state index in [0.29, 0.717) is 5.69 Å². The number of benzene rings is 1. The van der Waals surface area contributed by atoms with E-state index in [1.165, 1.54) is 29.7 Å². The van der Waals surface area contributed by atoms with Gasteiger partial charge in [0.25, 0.3) is 0 Å². The third-order valence-electron chi connectivity index (χ3n) is 2.43. The molecule has 0 spiro atoms. The molecule has 2 aromatic rings.